The van der Waals surface area contributed by atoms with Gasteiger partial charge in [-0.25, -0.2) is 0 Å². The van der Waals surface area contributed by atoms with Crippen molar-refractivity contribution < 1.29 is 9.21 Å². The predicted molar refractivity (Wildman–Crippen MR) is 71.4 cm³/mol. The number of nitrogens with one attached hydrogen (secondary N) is 1. The van der Waals surface area contributed by atoms with E-state index in [1.165, 1.54) is 5.56 Å². The van der Waals surface area contributed by atoms with Crippen molar-refractivity contribution in [2.75, 3.05) is 0 Å². The molecule has 0 saturated heterocycles. The molecule has 0 bridgehead atoms. The molecule has 90 valence electrons. The van der Waals surface area contributed by atoms with E-state index in [2.05, 4.69) is 32.7 Å². The van der Waals surface area contributed by atoms with Crippen molar-refractivity contribution in [1.29, 1.82) is 0 Å². The Bertz CT molecular complexity index is 492. The lowest BCUT2D eigenvalue weighted by atomic mass is 10.1. The highest BCUT2D eigenvalue weighted by atomic mass is 79.9. The molecule has 2 rings (SSSR count). The van der Waals surface area contributed by atoms with Crippen LogP contribution in [0.2, 0.25) is 0 Å². The fourth-order valence-electron chi connectivity index (χ4n) is 1.54. The van der Waals surface area contributed by atoms with Crippen LogP contribution < -0.4 is 5.32 Å². The van der Waals surface area contributed by atoms with Crippen molar-refractivity contribution in [2.45, 2.75) is 19.4 Å². The van der Waals surface area contributed by atoms with Crippen LogP contribution in [-0.4, -0.2) is 11.9 Å². The van der Waals surface area contributed by atoms with Crippen molar-refractivity contribution in [1.82, 2.24) is 5.32 Å². The first-order valence-corrected chi connectivity index (χ1v) is 6.96. The second-order valence-electron chi connectivity index (χ2n) is 3.81. The number of hydrogen-bond donors (Lipinski definition) is 1. The lowest BCUT2D eigenvalue weighted by molar-refractivity contribution is 0.0911. The number of furan rings is 1. The topological polar surface area (TPSA) is 42.2 Å². The molecule has 0 aromatic carbocycles. The van der Waals surface area contributed by atoms with Crippen LogP contribution in [0.3, 0.4) is 0 Å². The summed E-state index contributed by atoms with van der Waals surface area (Å²) < 4.78 is 5.75. The van der Waals surface area contributed by atoms with Crippen molar-refractivity contribution in [3.05, 3.63) is 45.0 Å². The molecule has 2 aromatic rings. The Morgan fingerprint density at radius 1 is 1.53 bits per heavy atom. The summed E-state index contributed by atoms with van der Waals surface area (Å²) >= 11 is 4.83. The highest BCUT2D eigenvalue weighted by Gasteiger charge is 2.13. The van der Waals surface area contributed by atoms with E-state index in [1.54, 1.807) is 23.5 Å². The summed E-state index contributed by atoms with van der Waals surface area (Å²) in [6.07, 6.45) is 0.830. The van der Waals surface area contributed by atoms with Gasteiger partial charge >= 0.3 is 0 Å². The van der Waals surface area contributed by atoms with Crippen LogP contribution in [0.5, 0.6) is 0 Å². The SMILES string of the molecule is CC(Cc1ccsc1)NC(=O)c1ccc(Br)o1. The van der Waals surface area contributed by atoms with E-state index >= 15 is 0 Å². The minimum Gasteiger partial charge on any atom is -0.444 e. The highest BCUT2D eigenvalue weighted by molar-refractivity contribution is 9.10. The Morgan fingerprint density at radius 2 is 2.35 bits per heavy atom. The van der Waals surface area contributed by atoms with Crippen LogP contribution in [0.1, 0.15) is 23.0 Å². The van der Waals surface area contributed by atoms with Crippen LogP contribution in [-0.2, 0) is 6.42 Å². The normalized spacial score (nSPS) is 12.4. The molecule has 5 heteroatoms. The molecule has 1 atom stereocenters. The number of thiophene rings is 1. The molecule has 0 aliphatic rings. The van der Waals surface area contributed by atoms with Crippen LogP contribution in [0.25, 0.3) is 0 Å². The molecule has 0 saturated carbocycles. The Labute approximate surface area is 112 Å². The molecule has 0 aliphatic heterocycles. The number of rotatable bonds is 4. The van der Waals surface area contributed by atoms with E-state index in [4.69, 9.17) is 4.42 Å². The van der Waals surface area contributed by atoms with E-state index in [0.717, 1.165) is 6.42 Å². The number of hydrogen-bond acceptors (Lipinski definition) is 3. The van der Waals surface area contributed by atoms with Gasteiger partial charge in [0.2, 0.25) is 0 Å². The molecular weight excluding hydrogens is 302 g/mol. The zero-order chi connectivity index (χ0) is 12.3. The summed E-state index contributed by atoms with van der Waals surface area (Å²) in [5, 5.41) is 7.02. The molecule has 1 unspecified atom stereocenters. The fourth-order valence-corrected chi connectivity index (χ4v) is 2.53. The molecule has 0 spiro atoms. The average molecular weight is 314 g/mol. The Morgan fingerprint density at radius 3 is 2.94 bits per heavy atom. The summed E-state index contributed by atoms with van der Waals surface area (Å²) in [4.78, 5) is 11.8. The molecule has 1 amide bonds. The lowest BCUT2D eigenvalue weighted by Gasteiger charge is -2.11. The van der Waals surface area contributed by atoms with Gasteiger partial charge in [0.1, 0.15) is 0 Å². The molecule has 3 nitrogen and oxygen atoms in total. The molecule has 2 aromatic heterocycles. The van der Waals surface area contributed by atoms with Crippen molar-refractivity contribution in [3.8, 4) is 0 Å². The molecule has 0 fully saturated rings. The third-order valence-corrected chi connectivity index (χ3v) is 3.45. The lowest BCUT2D eigenvalue weighted by Crippen LogP contribution is -2.33. The van der Waals surface area contributed by atoms with Gasteiger partial charge in [-0.15, -0.1) is 0 Å². The summed E-state index contributed by atoms with van der Waals surface area (Å²) in [5.74, 6) is 0.146. The molecule has 1 N–H and O–H groups in total. The van der Waals surface area contributed by atoms with Crippen molar-refractivity contribution in [3.63, 3.8) is 0 Å². The Kier molecular flexibility index (Phi) is 4.02. The minimum atomic E-state index is -0.182. The van der Waals surface area contributed by atoms with Gasteiger partial charge in [-0.3, -0.25) is 4.79 Å². The number of carbonyl (C=O) groups excluding carboxylic acids is 1. The monoisotopic (exact) mass is 313 g/mol. The fraction of sp³-hybridized carbons (Fsp3) is 0.250. The van der Waals surface area contributed by atoms with Gasteiger partial charge in [0, 0.05) is 6.04 Å². The van der Waals surface area contributed by atoms with Gasteiger partial charge in [0.05, 0.1) is 0 Å². The second kappa shape index (κ2) is 5.51. The van der Waals surface area contributed by atoms with E-state index in [-0.39, 0.29) is 11.9 Å². The summed E-state index contributed by atoms with van der Waals surface area (Å²) in [7, 11) is 0. The van der Waals surface area contributed by atoms with E-state index in [1.807, 2.05) is 12.3 Å². The molecule has 17 heavy (non-hydrogen) atoms. The maximum absolute atomic E-state index is 11.8. The average Bonchev–Trinajstić information content (AvgIpc) is 2.89. The van der Waals surface area contributed by atoms with Gasteiger partial charge in [0.25, 0.3) is 5.91 Å². The first kappa shape index (κ1) is 12.4. The molecular formula is C12H12BrNO2S. The van der Waals surface area contributed by atoms with Gasteiger partial charge in [-0.05, 0) is 63.8 Å². The van der Waals surface area contributed by atoms with Crippen LogP contribution in [0, 0.1) is 0 Å². The van der Waals surface area contributed by atoms with Gasteiger partial charge in [-0.2, -0.15) is 11.3 Å². The minimum absolute atomic E-state index is 0.0842. The maximum atomic E-state index is 11.8. The van der Waals surface area contributed by atoms with Crippen molar-refractivity contribution in [2.24, 2.45) is 0 Å². The molecule has 0 radical (unpaired) electrons. The van der Waals surface area contributed by atoms with E-state index < -0.39 is 0 Å². The van der Waals surface area contributed by atoms with Crippen molar-refractivity contribution >= 4 is 33.2 Å². The zero-order valence-electron chi connectivity index (χ0n) is 9.27. The first-order chi connectivity index (χ1) is 8.15. The largest absolute Gasteiger partial charge is 0.444 e. The van der Waals surface area contributed by atoms with Crippen LogP contribution >= 0.6 is 27.3 Å². The smallest absolute Gasteiger partial charge is 0.287 e. The third kappa shape index (κ3) is 3.44. The van der Waals surface area contributed by atoms with Crippen LogP contribution in [0.15, 0.2) is 38.0 Å². The third-order valence-electron chi connectivity index (χ3n) is 2.30. The second-order valence-corrected chi connectivity index (χ2v) is 5.38. The van der Waals surface area contributed by atoms with Gasteiger partial charge in [0.15, 0.2) is 10.4 Å². The molecule has 2 heterocycles. The number of amides is 1. The predicted octanol–water partition coefficient (Wildman–Crippen LogP) is 3.46. The standard InChI is InChI=1S/C12H12BrNO2S/c1-8(6-9-4-5-17-7-9)14-12(15)10-2-3-11(13)16-10/h2-5,7-8H,6H2,1H3,(H,14,15). The Hall–Kier alpha value is -1.07. The van der Waals surface area contributed by atoms with Gasteiger partial charge < -0.3 is 9.73 Å². The van der Waals surface area contributed by atoms with Gasteiger partial charge in [-0.1, -0.05) is 0 Å². The molecule has 0 aliphatic carbocycles. The summed E-state index contributed by atoms with van der Waals surface area (Å²) in [6, 6.07) is 5.51. The summed E-state index contributed by atoms with van der Waals surface area (Å²) in [6.45, 7) is 1.98. The summed E-state index contributed by atoms with van der Waals surface area (Å²) in [5.41, 5.74) is 1.24. The quantitative estimate of drug-likeness (QED) is 0.939. The highest BCUT2D eigenvalue weighted by Crippen LogP contribution is 2.14. The number of halogens is 1. The first-order valence-electron chi connectivity index (χ1n) is 5.22. The number of carbonyl (C=O) groups is 1. The van der Waals surface area contributed by atoms with Crippen LogP contribution in [0.4, 0.5) is 0 Å². The van der Waals surface area contributed by atoms with E-state index in [9.17, 15) is 4.79 Å². The Balaban J connectivity index is 1.90. The van der Waals surface area contributed by atoms with E-state index in [0.29, 0.717) is 10.4 Å². The zero-order valence-corrected chi connectivity index (χ0v) is 11.7. The maximum Gasteiger partial charge on any atom is 0.287 e.